The highest BCUT2D eigenvalue weighted by Gasteiger charge is 2.43. The third kappa shape index (κ3) is 3.05. The van der Waals surface area contributed by atoms with E-state index in [1.54, 1.807) is 0 Å². The van der Waals surface area contributed by atoms with Crippen LogP contribution in [0.1, 0.15) is 32.1 Å². The average Bonchev–Trinajstić information content (AvgIpc) is 2.47. The number of anilines is 1. The van der Waals surface area contributed by atoms with Crippen LogP contribution in [-0.4, -0.2) is 17.0 Å². The van der Waals surface area contributed by atoms with Gasteiger partial charge >= 0.3 is 0 Å². The Labute approximate surface area is 131 Å². The first kappa shape index (κ1) is 15.1. The summed E-state index contributed by atoms with van der Waals surface area (Å²) >= 11 is 2.19. The van der Waals surface area contributed by atoms with Gasteiger partial charge in [0.25, 0.3) is 0 Å². The number of nitrogens with two attached hydrogens (primary N) is 1. The van der Waals surface area contributed by atoms with Gasteiger partial charge in [-0.1, -0.05) is 30.5 Å². The molecule has 0 bridgehead atoms. The van der Waals surface area contributed by atoms with Crippen LogP contribution in [0.25, 0.3) is 0 Å². The number of amidine groups is 1. The van der Waals surface area contributed by atoms with E-state index in [4.69, 9.17) is 10.9 Å². The molecule has 0 aliphatic heterocycles. The number of amides is 1. The molecule has 0 unspecified atom stereocenters. The summed E-state index contributed by atoms with van der Waals surface area (Å²) in [5.74, 6) is -0.171. The molecule has 1 aliphatic rings. The topological polar surface area (TPSA) is 87.7 Å². The molecule has 1 aliphatic carbocycles. The van der Waals surface area contributed by atoms with Gasteiger partial charge in [-0.2, -0.15) is 0 Å². The number of hydrogen-bond donors (Lipinski definition) is 3. The van der Waals surface area contributed by atoms with Gasteiger partial charge in [-0.3, -0.25) is 4.79 Å². The van der Waals surface area contributed by atoms with Gasteiger partial charge in [-0.05, 0) is 53.6 Å². The number of hydrogen-bond acceptors (Lipinski definition) is 3. The highest BCUT2D eigenvalue weighted by molar-refractivity contribution is 14.1. The van der Waals surface area contributed by atoms with Gasteiger partial charge in [0.1, 0.15) is 5.41 Å². The molecule has 0 atom stereocenters. The molecule has 5 nitrogen and oxygen atoms in total. The van der Waals surface area contributed by atoms with Crippen LogP contribution in [0, 0.1) is 8.99 Å². The molecule has 108 valence electrons. The molecular formula is C14H18IN3O2. The van der Waals surface area contributed by atoms with Crippen molar-refractivity contribution in [2.24, 2.45) is 16.3 Å². The van der Waals surface area contributed by atoms with E-state index in [1.165, 1.54) is 0 Å². The van der Waals surface area contributed by atoms with E-state index in [1.807, 2.05) is 24.3 Å². The van der Waals surface area contributed by atoms with Crippen molar-refractivity contribution in [3.8, 4) is 0 Å². The van der Waals surface area contributed by atoms with Gasteiger partial charge in [0, 0.05) is 9.26 Å². The molecule has 2 rings (SSSR count). The normalized spacial score (nSPS) is 18.6. The predicted molar refractivity (Wildman–Crippen MR) is 86.7 cm³/mol. The Balaban J connectivity index is 2.23. The Bertz CT molecular complexity index is 525. The molecular weight excluding hydrogens is 369 g/mol. The summed E-state index contributed by atoms with van der Waals surface area (Å²) in [7, 11) is 0. The van der Waals surface area contributed by atoms with Crippen molar-refractivity contribution in [1.82, 2.24) is 0 Å². The minimum Gasteiger partial charge on any atom is -0.409 e. The molecule has 4 N–H and O–H groups in total. The molecule has 0 heterocycles. The maximum Gasteiger partial charge on any atom is 0.238 e. The van der Waals surface area contributed by atoms with Crippen molar-refractivity contribution >= 4 is 40.0 Å². The SMILES string of the molecule is NC(=NO)C1(C(=O)Nc2cccc(I)c2)CCCCC1. The van der Waals surface area contributed by atoms with Crippen molar-refractivity contribution in [2.75, 3.05) is 5.32 Å². The first-order valence-corrected chi connectivity index (χ1v) is 7.71. The highest BCUT2D eigenvalue weighted by Crippen LogP contribution is 2.37. The van der Waals surface area contributed by atoms with Crippen LogP contribution in [0.15, 0.2) is 29.4 Å². The zero-order chi connectivity index (χ0) is 14.6. The van der Waals surface area contributed by atoms with Crippen molar-refractivity contribution < 1.29 is 10.0 Å². The molecule has 0 spiro atoms. The van der Waals surface area contributed by atoms with Crippen LogP contribution < -0.4 is 11.1 Å². The Morgan fingerprint density at radius 3 is 2.65 bits per heavy atom. The van der Waals surface area contributed by atoms with E-state index in [0.717, 1.165) is 28.5 Å². The summed E-state index contributed by atoms with van der Waals surface area (Å²) < 4.78 is 1.04. The molecule has 20 heavy (non-hydrogen) atoms. The van der Waals surface area contributed by atoms with E-state index in [0.29, 0.717) is 12.8 Å². The molecule has 0 radical (unpaired) electrons. The fraction of sp³-hybridized carbons (Fsp3) is 0.429. The van der Waals surface area contributed by atoms with E-state index in [-0.39, 0.29) is 11.7 Å². The summed E-state index contributed by atoms with van der Waals surface area (Å²) in [6.45, 7) is 0. The average molecular weight is 387 g/mol. The Kier molecular flexibility index (Phi) is 4.85. The van der Waals surface area contributed by atoms with Crippen molar-refractivity contribution in [3.63, 3.8) is 0 Å². The number of carbonyl (C=O) groups is 1. The number of nitrogens with zero attached hydrogens (tertiary/aromatic N) is 1. The van der Waals surface area contributed by atoms with Gasteiger partial charge in [-0.15, -0.1) is 0 Å². The largest absolute Gasteiger partial charge is 0.409 e. The Morgan fingerprint density at radius 1 is 1.35 bits per heavy atom. The highest BCUT2D eigenvalue weighted by atomic mass is 127. The third-order valence-electron chi connectivity index (χ3n) is 3.82. The van der Waals surface area contributed by atoms with Crippen LogP contribution >= 0.6 is 22.6 Å². The third-order valence-corrected chi connectivity index (χ3v) is 4.49. The van der Waals surface area contributed by atoms with Crippen LogP contribution in [0.3, 0.4) is 0 Å². The second kappa shape index (κ2) is 6.43. The fourth-order valence-corrected chi connectivity index (χ4v) is 3.21. The van der Waals surface area contributed by atoms with E-state index < -0.39 is 5.41 Å². The zero-order valence-corrected chi connectivity index (χ0v) is 13.3. The van der Waals surface area contributed by atoms with E-state index in [2.05, 4.69) is 33.1 Å². The number of rotatable bonds is 3. The maximum atomic E-state index is 12.6. The molecule has 1 aromatic carbocycles. The Morgan fingerprint density at radius 2 is 2.05 bits per heavy atom. The van der Waals surface area contributed by atoms with Crippen LogP contribution in [0.5, 0.6) is 0 Å². The molecule has 1 aromatic rings. The number of nitrogens with one attached hydrogen (secondary N) is 1. The lowest BCUT2D eigenvalue weighted by Crippen LogP contribution is -2.48. The lowest BCUT2D eigenvalue weighted by Gasteiger charge is -2.34. The van der Waals surface area contributed by atoms with Crippen LogP contribution in [0.2, 0.25) is 0 Å². The van der Waals surface area contributed by atoms with Gasteiger partial charge in [0.05, 0.1) is 0 Å². The van der Waals surface area contributed by atoms with Crippen LogP contribution in [0.4, 0.5) is 5.69 Å². The van der Waals surface area contributed by atoms with Gasteiger partial charge in [0.2, 0.25) is 5.91 Å². The summed E-state index contributed by atoms with van der Waals surface area (Å²) in [6.07, 6.45) is 4.15. The van der Waals surface area contributed by atoms with Gasteiger partial charge in [0.15, 0.2) is 5.84 Å². The van der Waals surface area contributed by atoms with E-state index >= 15 is 0 Å². The number of carbonyl (C=O) groups excluding carboxylic acids is 1. The Hall–Kier alpha value is -1.31. The first-order chi connectivity index (χ1) is 9.58. The fourth-order valence-electron chi connectivity index (χ4n) is 2.67. The number of oxime groups is 1. The molecule has 1 saturated carbocycles. The first-order valence-electron chi connectivity index (χ1n) is 6.63. The molecule has 0 aromatic heterocycles. The summed E-state index contributed by atoms with van der Waals surface area (Å²) in [6, 6.07) is 7.56. The molecule has 1 amide bonds. The standard InChI is InChI=1S/C14H18IN3O2/c15-10-5-4-6-11(9-10)17-13(19)14(12(16)18-20)7-2-1-3-8-14/h4-6,9,20H,1-3,7-8H2,(H2,16,18)(H,17,19). The minimum atomic E-state index is -0.881. The van der Waals surface area contributed by atoms with Crippen LogP contribution in [-0.2, 0) is 4.79 Å². The zero-order valence-electron chi connectivity index (χ0n) is 11.1. The van der Waals surface area contributed by atoms with Crippen molar-refractivity contribution in [2.45, 2.75) is 32.1 Å². The second-order valence-electron chi connectivity index (χ2n) is 5.09. The van der Waals surface area contributed by atoms with Gasteiger partial charge in [-0.25, -0.2) is 0 Å². The van der Waals surface area contributed by atoms with Gasteiger partial charge < -0.3 is 16.3 Å². The summed E-state index contributed by atoms with van der Waals surface area (Å²) in [4.78, 5) is 12.6. The summed E-state index contributed by atoms with van der Waals surface area (Å²) in [5, 5.41) is 15.0. The quantitative estimate of drug-likeness (QED) is 0.245. The summed E-state index contributed by atoms with van der Waals surface area (Å²) in [5.41, 5.74) is 5.66. The smallest absolute Gasteiger partial charge is 0.238 e. The monoisotopic (exact) mass is 387 g/mol. The maximum absolute atomic E-state index is 12.6. The lowest BCUT2D eigenvalue weighted by molar-refractivity contribution is -0.123. The van der Waals surface area contributed by atoms with Crippen molar-refractivity contribution in [1.29, 1.82) is 0 Å². The molecule has 0 saturated heterocycles. The lowest BCUT2D eigenvalue weighted by atomic mass is 9.72. The van der Waals surface area contributed by atoms with Crippen molar-refractivity contribution in [3.05, 3.63) is 27.8 Å². The predicted octanol–water partition coefficient (Wildman–Crippen LogP) is 2.93. The molecule has 6 heteroatoms. The number of benzene rings is 1. The minimum absolute atomic E-state index is 0.0142. The number of halogens is 1. The van der Waals surface area contributed by atoms with E-state index in [9.17, 15) is 4.79 Å². The molecule has 1 fully saturated rings. The second-order valence-corrected chi connectivity index (χ2v) is 6.34.